The number of hydrogen-bond donors (Lipinski definition) is 1. The van der Waals surface area contributed by atoms with Gasteiger partial charge >= 0.3 is 0 Å². The summed E-state index contributed by atoms with van der Waals surface area (Å²) in [6.07, 6.45) is 1.98. The summed E-state index contributed by atoms with van der Waals surface area (Å²) in [4.78, 5) is 12.6. The van der Waals surface area contributed by atoms with E-state index in [1.165, 1.54) is 6.08 Å². The largest absolute Gasteiger partial charge is 0.515 e. The number of hydrogen-bond acceptors (Lipinski definition) is 2. The highest BCUT2D eigenvalue weighted by atomic mass is 16.2. The molecule has 112 valence electrons. The number of benzene rings is 3. The first-order valence-corrected chi connectivity index (χ1v) is 7.40. The molecule has 0 bridgehead atoms. The standard InChI is InChI=1S/C21H16O2/c22-15-14-20(23)21-18(16-8-3-1-4-9-16)12-7-13-19(21)17-10-5-2-6-11-17/h1-15,22H/b15-14-. The van der Waals surface area contributed by atoms with Crippen molar-refractivity contribution in [2.24, 2.45) is 0 Å². The highest BCUT2D eigenvalue weighted by molar-refractivity contribution is 6.13. The molecule has 2 nitrogen and oxygen atoms in total. The van der Waals surface area contributed by atoms with E-state index >= 15 is 0 Å². The minimum absolute atomic E-state index is 0.217. The lowest BCUT2D eigenvalue weighted by atomic mass is 9.89. The molecule has 3 aromatic rings. The van der Waals surface area contributed by atoms with Crippen molar-refractivity contribution >= 4 is 5.78 Å². The van der Waals surface area contributed by atoms with Crippen molar-refractivity contribution in [2.45, 2.75) is 0 Å². The van der Waals surface area contributed by atoms with Crippen LogP contribution in [0.4, 0.5) is 0 Å². The van der Waals surface area contributed by atoms with E-state index in [0.29, 0.717) is 5.56 Å². The zero-order valence-electron chi connectivity index (χ0n) is 12.5. The van der Waals surface area contributed by atoms with Crippen molar-refractivity contribution in [3.63, 3.8) is 0 Å². The van der Waals surface area contributed by atoms with E-state index in [2.05, 4.69) is 0 Å². The van der Waals surface area contributed by atoms with Crippen molar-refractivity contribution in [1.82, 2.24) is 0 Å². The van der Waals surface area contributed by atoms with Crippen LogP contribution in [0.1, 0.15) is 10.4 Å². The quantitative estimate of drug-likeness (QED) is 0.404. The van der Waals surface area contributed by atoms with Crippen LogP contribution in [0.5, 0.6) is 0 Å². The molecular formula is C21H16O2. The van der Waals surface area contributed by atoms with Gasteiger partial charge in [-0.25, -0.2) is 0 Å². The van der Waals surface area contributed by atoms with Gasteiger partial charge in [0.1, 0.15) is 0 Å². The Balaban J connectivity index is 2.27. The first kappa shape index (κ1) is 14.8. The minimum Gasteiger partial charge on any atom is -0.515 e. The van der Waals surface area contributed by atoms with Gasteiger partial charge in [0.15, 0.2) is 5.78 Å². The summed E-state index contributed by atoms with van der Waals surface area (Å²) in [5, 5.41) is 9.02. The molecule has 0 saturated heterocycles. The molecule has 1 N–H and O–H groups in total. The van der Waals surface area contributed by atoms with Crippen molar-refractivity contribution in [3.8, 4) is 22.3 Å². The summed E-state index contributed by atoms with van der Waals surface area (Å²) < 4.78 is 0. The van der Waals surface area contributed by atoms with Crippen LogP contribution in [0.15, 0.2) is 91.2 Å². The number of aliphatic hydroxyl groups excluding tert-OH is 1. The maximum atomic E-state index is 12.6. The first-order valence-electron chi connectivity index (χ1n) is 7.40. The van der Waals surface area contributed by atoms with E-state index in [0.717, 1.165) is 28.5 Å². The summed E-state index contributed by atoms with van der Waals surface area (Å²) in [6.45, 7) is 0. The van der Waals surface area contributed by atoms with Gasteiger partial charge in [0, 0.05) is 11.6 Å². The highest BCUT2D eigenvalue weighted by Gasteiger charge is 2.16. The summed E-state index contributed by atoms with van der Waals surface area (Å²) in [7, 11) is 0. The van der Waals surface area contributed by atoms with Gasteiger partial charge < -0.3 is 5.11 Å². The van der Waals surface area contributed by atoms with Crippen LogP contribution in [-0.2, 0) is 0 Å². The fourth-order valence-electron chi connectivity index (χ4n) is 2.69. The molecule has 0 aliphatic heterocycles. The van der Waals surface area contributed by atoms with Crippen LogP contribution in [0.25, 0.3) is 22.3 Å². The third kappa shape index (κ3) is 3.06. The van der Waals surface area contributed by atoms with Gasteiger partial charge in [-0.05, 0) is 22.3 Å². The zero-order valence-corrected chi connectivity index (χ0v) is 12.5. The molecule has 3 aromatic carbocycles. The predicted molar refractivity (Wildman–Crippen MR) is 93.4 cm³/mol. The smallest absolute Gasteiger partial charge is 0.190 e. The maximum Gasteiger partial charge on any atom is 0.190 e. The fourth-order valence-corrected chi connectivity index (χ4v) is 2.69. The third-order valence-electron chi connectivity index (χ3n) is 3.71. The lowest BCUT2D eigenvalue weighted by Crippen LogP contribution is -2.01. The maximum absolute atomic E-state index is 12.6. The molecule has 0 fully saturated rings. The van der Waals surface area contributed by atoms with Crippen molar-refractivity contribution in [1.29, 1.82) is 0 Å². The van der Waals surface area contributed by atoms with E-state index in [1.54, 1.807) is 0 Å². The number of aliphatic hydroxyl groups is 1. The Kier molecular flexibility index (Phi) is 4.34. The van der Waals surface area contributed by atoms with Crippen LogP contribution in [-0.4, -0.2) is 10.9 Å². The Morgan fingerprint density at radius 3 is 1.61 bits per heavy atom. The van der Waals surface area contributed by atoms with Gasteiger partial charge in [0.25, 0.3) is 0 Å². The molecule has 0 aliphatic carbocycles. The number of carbonyl (C=O) groups excluding carboxylic acids is 1. The number of ketones is 1. The first-order chi connectivity index (χ1) is 11.3. The number of rotatable bonds is 4. The predicted octanol–water partition coefficient (Wildman–Crippen LogP) is 5.28. The van der Waals surface area contributed by atoms with Crippen LogP contribution >= 0.6 is 0 Å². The SMILES string of the molecule is O=C(/C=C\O)c1c(-c2ccccc2)cccc1-c1ccccc1. The van der Waals surface area contributed by atoms with E-state index < -0.39 is 0 Å². The fraction of sp³-hybridized carbons (Fsp3) is 0. The molecule has 0 unspecified atom stereocenters. The molecule has 0 heterocycles. The Labute approximate surface area is 135 Å². The van der Waals surface area contributed by atoms with Crippen LogP contribution in [0.3, 0.4) is 0 Å². The van der Waals surface area contributed by atoms with E-state index in [1.807, 2.05) is 78.9 Å². The van der Waals surface area contributed by atoms with Gasteiger partial charge in [0.05, 0.1) is 6.26 Å². The molecule has 0 aliphatic rings. The summed E-state index contributed by atoms with van der Waals surface area (Å²) in [5.74, 6) is -0.217. The average Bonchev–Trinajstić information content (AvgIpc) is 2.63. The van der Waals surface area contributed by atoms with Crippen LogP contribution in [0.2, 0.25) is 0 Å². The van der Waals surface area contributed by atoms with Crippen LogP contribution < -0.4 is 0 Å². The van der Waals surface area contributed by atoms with Gasteiger partial charge in [-0.1, -0.05) is 78.9 Å². The number of carbonyl (C=O) groups is 1. The molecule has 23 heavy (non-hydrogen) atoms. The average molecular weight is 300 g/mol. The van der Waals surface area contributed by atoms with Gasteiger partial charge in [-0.3, -0.25) is 4.79 Å². The minimum atomic E-state index is -0.217. The molecule has 3 rings (SSSR count). The van der Waals surface area contributed by atoms with Crippen LogP contribution in [0, 0.1) is 0 Å². The molecular weight excluding hydrogens is 284 g/mol. The van der Waals surface area contributed by atoms with E-state index in [4.69, 9.17) is 5.11 Å². The summed E-state index contributed by atoms with van der Waals surface area (Å²) in [5.41, 5.74) is 4.25. The summed E-state index contributed by atoms with van der Waals surface area (Å²) >= 11 is 0. The Bertz CT molecular complexity index is 776. The summed E-state index contributed by atoms with van der Waals surface area (Å²) in [6, 6.07) is 25.4. The van der Waals surface area contributed by atoms with Gasteiger partial charge in [0.2, 0.25) is 0 Å². The topological polar surface area (TPSA) is 37.3 Å². The Morgan fingerprint density at radius 1 is 0.696 bits per heavy atom. The Hall–Kier alpha value is -3.13. The van der Waals surface area contributed by atoms with Crippen molar-refractivity contribution < 1.29 is 9.90 Å². The number of allylic oxidation sites excluding steroid dienone is 1. The zero-order chi connectivity index (χ0) is 16.1. The highest BCUT2D eigenvalue weighted by Crippen LogP contribution is 2.33. The second-order valence-corrected chi connectivity index (χ2v) is 5.14. The molecule has 0 atom stereocenters. The van der Waals surface area contributed by atoms with Gasteiger partial charge in [-0.2, -0.15) is 0 Å². The Morgan fingerprint density at radius 2 is 1.17 bits per heavy atom. The third-order valence-corrected chi connectivity index (χ3v) is 3.71. The molecule has 2 heteroatoms. The lowest BCUT2D eigenvalue weighted by Gasteiger charge is -2.13. The molecule has 0 radical (unpaired) electrons. The lowest BCUT2D eigenvalue weighted by molar-refractivity contribution is 0.104. The molecule has 0 amide bonds. The molecule has 0 saturated carbocycles. The van der Waals surface area contributed by atoms with E-state index in [-0.39, 0.29) is 5.78 Å². The second-order valence-electron chi connectivity index (χ2n) is 5.14. The molecule has 0 spiro atoms. The normalized spacial score (nSPS) is 10.8. The van der Waals surface area contributed by atoms with Crippen molar-refractivity contribution in [3.05, 3.63) is 96.8 Å². The monoisotopic (exact) mass is 300 g/mol. The van der Waals surface area contributed by atoms with E-state index in [9.17, 15) is 4.79 Å². The van der Waals surface area contributed by atoms with Gasteiger partial charge in [-0.15, -0.1) is 0 Å². The second kappa shape index (κ2) is 6.75. The molecule has 0 aromatic heterocycles. The van der Waals surface area contributed by atoms with Crippen molar-refractivity contribution in [2.75, 3.05) is 0 Å².